The summed E-state index contributed by atoms with van der Waals surface area (Å²) in [6.07, 6.45) is 9.74. The van der Waals surface area contributed by atoms with Crippen molar-refractivity contribution in [2.45, 2.75) is 57.3 Å². The highest BCUT2D eigenvalue weighted by Crippen LogP contribution is 2.32. The van der Waals surface area contributed by atoms with E-state index in [-0.39, 0.29) is 17.7 Å². The van der Waals surface area contributed by atoms with Crippen molar-refractivity contribution in [3.63, 3.8) is 0 Å². The van der Waals surface area contributed by atoms with Crippen molar-refractivity contribution in [2.75, 3.05) is 26.2 Å². The Bertz CT molecular complexity index is 1140. The third-order valence-corrected chi connectivity index (χ3v) is 7.61. The molecular formula is C28H34N4O2. The van der Waals surface area contributed by atoms with Crippen molar-refractivity contribution in [1.29, 1.82) is 0 Å². The molecule has 0 N–H and O–H groups in total. The number of hydrogen-bond acceptors (Lipinski definition) is 3. The van der Waals surface area contributed by atoms with Crippen LogP contribution in [0.2, 0.25) is 0 Å². The first-order valence-corrected chi connectivity index (χ1v) is 12.8. The van der Waals surface area contributed by atoms with Crippen LogP contribution in [0.1, 0.15) is 78.8 Å². The van der Waals surface area contributed by atoms with Crippen molar-refractivity contribution in [3.05, 3.63) is 71.5 Å². The minimum Gasteiger partial charge on any atom is -0.342 e. The minimum atomic E-state index is -0.0655. The zero-order valence-corrected chi connectivity index (χ0v) is 20.0. The zero-order chi connectivity index (χ0) is 23.5. The maximum Gasteiger partial charge on any atom is 0.257 e. The highest BCUT2D eigenvalue weighted by molar-refractivity contribution is 6.00. The summed E-state index contributed by atoms with van der Waals surface area (Å²) in [4.78, 5) is 30.4. The summed E-state index contributed by atoms with van der Waals surface area (Å²) in [6, 6.07) is 14.4. The first-order chi connectivity index (χ1) is 16.7. The number of amides is 2. The second-order valence-corrected chi connectivity index (χ2v) is 9.67. The van der Waals surface area contributed by atoms with Gasteiger partial charge >= 0.3 is 0 Å². The van der Waals surface area contributed by atoms with Crippen LogP contribution >= 0.6 is 0 Å². The van der Waals surface area contributed by atoms with E-state index in [0.29, 0.717) is 11.5 Å². The quantitative estimate of drug-likeness (QED) is 0.549. The number of likely N-dealkylation sites (tertiary alicyclic amines) is 2. The normalized spacial score (nSPS) is 18.3. The Morgan fingerprint density at radius 3 is 2.41 bits per heavy atom. The van der Waals surface area contributed by atoms with E-state index in [1.165, 1.54) is 12.0 Å². The molecule has 6 nitrogen and oxygen atoms in total. The predicted octanol–water partition coefficient (Wildman–Crippen LogP) is 4.86. The van der Waals surface area contributed by atoms with Gasteiger partial charge in [0.15, 0.2) is 0 Å². The standard InChI is InChI=1S/C28H34N4O2/c1-2-24(22-9-5-3-6-10-22)27(33)31-16-11-21(12-17-31)23-13-18-32-26(19-23)25(20-29-32)28(34)30-14-7-4-8-15-30/h3,5-6,9-10,13,18-21,24H,2,4,7-8,11-12,14-17H2,1H3/t24-/m0/s1. The van der Waals surface area contributed by atoms with Crippen molar-refractivity contribution in [1.82, 2.24) is 19.4 Å². The number of nitrogens with zero attached hydrogens (tertiary/aromatic N) is 4. The largest absolute Gasteiger partial charge is 0.342 e. The zero-order valence-electron chi connectivity index (χ0n) is 20.0. The second kappa shape index (κ2) is 10.00. The molecule has 4 heterocycles. The van der Waals surface area contributed by atoms with Crippen LogP contribution in [0.4, 0.5) is 0 Å². The Morgan fingerprint density at radius 2 is 1.71 bits per heavy atom. The van der Waals surface area contributed by atoms with Crippen LogP contribution in [0.3, 0.4) is 0 Å². The average Bonchev–Trinajstić information content (AvgIpc) is 3.33. The highest BCUT2D eigenvalue weighted by atomic mass is 16.2. The van der Waals surface area contributed by atoms with E-state index in [1.807, 2.05) is 38.7 Å². The van der Waals surface area contributed by atoms with Gasteiger partial charge in [-0.25, -0.2) is 4.52 Å². The van der Waals surface area contributed by atoms with Crippen molar-refractivity contribution >= 4 is 17.3 Å². The molecular weight excluding hydrogens is 424 g/mol. The molecule has 0 aliphatic carbocycles. The molecule has 1 atom stereocenters. The third kappa shape index (κ3) is 4.46. The van der Waals surface area contributed by atoms with E-state index in [0.717, 1.165) is 69.4 Å². The van der Waals surface area contributed by atoms with Crippen LogP contribution in [0.5, 0.6) is 0 Å². The topological polar surface area (TPSA) is 57.9 Å². The molecule has 2 aliphatic heterocycles. The number of rotatable bonds is 5. The smallest absolute Gasteiger partial charge is 0.257 e. The Hall–Kier alpha value is -3.15. The van der Waals surface area contributed by atoms with Crippen molar-refractivity contribution < 1.29 is 9.59 Å². The van der Waals surface area contributed by atoms with E-state index in [9.17, 15) is 9.59 Å². The summed E-state index contributed by atoms with van der Waals surface area (Å²) < 4.78 is 1.81. The van der Waals surface area contributed by atoms with Gasteiger partial charge in [0.1, 0.15) is 0 Å². The van der Waals surface area contributed by atoms with Gasteiger partial charge in [0.2, 0.25) is 5.91 Å². The monoisotopic (exact) mass is 458 g/mol. The number of aromatic nitrogens is 2. The second-order valence-electron chi connectivity index (χ2n) is 9.67. The number of benzene rings is 1. The fourth-order valence-corrected chi connectivity index (χ4v) is 5.57. The van der Waals surface area contributed by atoms with Gasteiger partial charge in [0, 0.05) is 32.4 Å². The average molecular weight is 459 g/mol. The number of carbonyl (C=O) groups excluding carboxylic acids is 2. The number of carbonyl (C=O) groups is 2. The van der Waals surface area contributed by atoms with Crippen molar-refractivity contribution in [3.8, 4) is 0 Å². The molecule has 2 saturated heterocycles. The molecule has 6 heteroatoms. The van der Waals surface area contributed by atoms with Gasteiger partial charge in [-0.1, -0.05) is 37.3 Å². The third-order valence-electron chi connectivity index (χ3n) is 7.61. The molecule has 0 spiro atoms. The summed E-state index contributed by atoms with van der Waals surface area (Å²) in [7, 11) is 0. The van der Waals surface area contributed by atoms with Crippen LogP contribution in [0, 0.1) is 0 Å². The van der Waals surface area contributed by atoms with Crippen LogP contribution < -0.4 is 0 Å². The molecule has 1 aromatic carbocycles. The van der Waals surface area contributed by atoms with E-state index < -0.39 is 0 Å². The highest BCUT2D eigenvalue weighted by Gasteiger charge is 2.29. The lowest BCUT2D eigenvalue weighted by molar-refractivity contribution is -0.134. The van der Waals surface area contributed by atoms with Gasteiger partial charge in [0.05, 0.1) is 23.2 Å². The lowest BCUT2D eigenvalue weighted by Gasteiger charge is -2.34. The van der Waals surface area contributed by atoms with Gasteiger partial charge < -0.3 is 9.80 Å². The van der Waals surface area contributed by atoms with Gasteiger partial charge in [0.25, 0.3) is 5.91 Å². The minimum absolute atomic E-state index is 0.0655. The Kier molecular flexibility index (Phi) is 6.66. The summed E-state index contributed by atoms with van der Waals surface area (Å²) in [5.41, 5.74) is 3.93. The van der Waals surface area contributed by atoms with Gasteiger partial charge in [-0.05, 0) is 67.7 Å². The summed E-state index contributed by atoms with van der Waals surface area (Å²) in [6.45, 7) is 5.31. The molecule has 2 aromatic heterocycles. The van der Waals surface area contributed by atoms with Gasteiger partial charge in [-0.15, -0.1) is 0 Å². The summed E-state index contributed by atoms with van der Waals surface area (Å²) in [5, 5.41) is 4.43. The number of fused-ring (bicyclic) bond motifs is 1. The first-order valence-electron chi connectivity index (χ1n) is 12.8. The number of pyridine rings is 1. The molecule has 0 unspecified atom stereocenters. The predicted molar refractivity (Wildman–Crippen MR) is 133 cm³/mol. The molecule has 3 aromatic rings. The lowest BCUT2D eigenvalue weighted by atomic mass is 9.88. The van der Waals surface area contributed by atoms with Gasteiger partial charge in [-0.2, -0.15) is 5.10 Å². The number of piperidine rings is 2. The summed E-state index contributed by atoms with van der Waals surface area (Å²) >= 11 is 0. The maximum absolute atomic E-state index is 13.3. The molecule has 34 heavy (non-hydrogen) atoms. The molecule has 5 rings (SSSR count). The SMILES string of the molecule is CC[C@H](C(=O)N1CCC(c2ccn3ncc(C(=O)N4CCCCC4)c3c2)CC1)c1ccccc1. The van der Waals surface area contributed by atoms with Crippen LogP contribution in [-0.4, -0.2) is 57.4 Å². The first kappa shape index (κ1) is 22.6. The molecule has 0 bridgehead atoms. The van der Waals surface area contributed by atoms with Crippen LogP contribution in [0.25, 0.3) is 5.52 Å². The van der Waals surface area contributed by atoms with Crippen LogP contribution in [-0.2, 0) is 4.79 Å². The molecule has 178 valence electrons. The Labute approximate surface area is 201 Å². The Balaban J connectivity index is 1.28. The maximum atomic E-state index is 13.3. The van der Waals surface area contributed by atoms with Gasteiger partial charge in [-0.3, -0.25) is 9.59 Å². The van der Waals surface area contributed by atoms with E-state index in [4.69, 9.17) is 0 Å². The van der Waals surface area contributed by atoms with Crippen molar-refractivity contribution in [2.24, 2.45) is 0 Å². The molecule has 2 amide bonds. The molecule has 2 fully saturated rings. The fourth-order valence-electron chi connectivity index (χ4n) is 5.57. The number of hydrogen-bond donors (Lipinski definition) is 0. The fraction of sp³-hybridized carbons (Fsp3) is 0.464. The molecule has 0 radical (unpaired) electrons. The van der Waals surface area contributed by atoms with E-state index in [1.54, 1.807) is 6.20 Å². The van der Waals surface area contributed by atoms with E-state index in [2.05, 4.69) is 36.3 Å². The Morgan fingerprint density at radius 1 is 0.971 bits per heavy atom. The van der Waals surface area contributed by atoms with Crippen LogP contribution in [0.15, 0.2) is 54.9 Å². The van der Waals surface area contributed by atoms with E-state index >= 15 is 0 Å². The molecule has 0 saturated carbocycles. The summed E-state index contributed by atoms with van der Waals surface area (Å²) in [5.74, 6) is 0.662. The lowest BCUT2D eigenvalue weighted by Crippen LogP contribution is -2.40. The molecule has 2 aliphatic rings.